The summed E-state index contributed by atoms with van der Waals surface area (Å²) in [6, 6.07) is 18.0. The van der Waals surface area contributed by atoms with Gasteiger partial charge >= 0.3 is 0 Å². The van der Waals surface area contributed by atoms with Gasteiger partial charge in [-0.3, -0.25) is 9.78 Å². The Morgan fingerprint density at radius 3 is 2.61 bits per heavy atom. The molecule has 5 nitrogen and oxygen atoms in total. The molecule has 2 heterocycles. The quantitative estimate of drug-likeness (QED) is 0.265. The van der Waals surface area contributed by atoms with E-state index in [9.17, 15) is 4.79 Å². The van der Waals surface area contributed by atoms with Crippen LogP contribution in [0, 0.1) is 20.8 Å². The van der Waals surface area contributed by atoms with E-state index in [2.05, 4.69) is 48.4 Å². The van der Waals surface area contributed by atoms with Crippen LogP contribution in [0.3, 0.4) is 0 Å². The summed E-state index contributed by atoms with van der Waals surface area (Å²) in [5.41, 5.74) is 9.29. The summed E-state index contributed by atoms with van der Waals surface area (Å²) in [7, 11) is 1.64. The lowest BCUT2D eigenvalue weighted by atomic mass is 9.94. The zero-order valence-corrected chi connectivity index (χ0v) is 21.1. The zero-order chi connectivity index (χ0) is 25.4. The number of aryl methyl sites for hydroxylation is 3. The highest BCUT2D eigenvalue weighted by atomic mass is 16.5. The normalized spacial score (nSPS) is 11.8. The number of nitrogens with one attached hydrogen (secondary N) is 1. The van der Waals surface area contributed by atoms with Crippen LogP contribution in [0.1, 0.15) is 29.2 Å². The lowest BCUT2D eigenvalue weighted by Crippen LogP contribution is -2.09. The van der Waals surface area contributed by atoms with Gasteiger partial charge in [0.15, 0.2) is 0 Å². The fourth-order valence-electron chi connectivity index (χ4n) is 4.84. The smallest absolute Gasteiger partial charge is 0.248 e. The van der Waals surface area contributed by atoms with Crippen molar-refractivity contribution in [2.45, 2.75) is 27.7 Å². The first kappa shape index (κ1) is 23.4. The van der Waals surface area contributed by atoms with Gasteiger partial charge in [0, 0.05) is 39.7 Å². The molecule has 0 aliphatic rings. The maximum absolute atomic E-state index is 13.0. The molecule has 1 N–H and O–H groups in total. The Bertz CT molecular complexity index is 1650. The monoisotopic (exact) mass is 476 g/mol. The van der Waals surface area contributed by atoms with E-state index in [-0.39, 0.29) is 5.91 Å². The van der Waals surface area contributed by atoms with Crippen molar-refractivity contribution in [1.29, 1.82) is 0 Å². The van der Waals surface area contributed by atoms with Crippen LogP contribution in [0.25, 0.3) is 38.6 Å². The predicted molar refractivity (Wildman–Crippen MR) is 146 cm³/mol. The number of pyridine rings is 1. The van der Waals surface area contributed by atoms with Gasteiger partial charge in [-0.05, 0) is 62.6 Å². The number of ether oxygens (including phenoxy) is 1. The molecule has 0 aliphatic heterocycles. The Balaban J connectivity index is 1.57. The van der Waals surface area contributed by atoms with Crippen molar-refractivity contribution in [3.8, 4) is 16.9 Å². The number of carbonyl (C=O) groups excluding carboxylic acids is 1. The number of nitrogens with zero attached hydrogens (tertiary/aromatic N) is 1. The summed E-state index contributed by atoms with van der Waals surface area (Å²) in [6.07, 6.45) is 5.12. The molecule has 0 unspecified atom stereocenters. The molecule has 0 radical (unpaired) electrons. The molecule has 0 saturated heterocycles. The number of para-hydroxylation sites is 1. The van der Waals surface area contributed by atoms with Crippen LogP contribution >= 0.6 is 0 Å². The molecule has 1 amide bonds. The van der Waals surface area contributed by atoms with E-state index in [1.165, 1.54) is 11.1 Å². The van der Waals surface area contributed by atoms with E-state index in [1.54, 1.807) is 25.6 Å². The molecule has 0 aliphatic carbocycles. The number of furan rings is 1. The second-order valence-corrected chi connectivity index (χ2v) is 9.12. The number of aromatic nitrogens is 1. The maximum Gasteiger partial charge on any atom is 0.248 e. The van der Waals surface area contributed by atoms with Crippen LogP contribution in [-0.2, 0) is 4.79 Å². The van der Waals surface area contributed by atoms with Gasteiger partial charge in [-0.15, -0.1) is 0 Å². The molecule has 3 aromatic carbocycles. The van der Waals surface area contributed by atoms with Crippen LogP contribution in [0.5, 0.6) is 5.75 Å². The minimum atomic E-state index is -0.229. The lowest BCUT2D eigenvalue weighted by Gasteiger charge is -2.14. The summed E-state index contributed by atoms with van der Waals surface area (Å²) in [5.74, 6) is 0.463. The number of allylic oxidation sites excluding steroid dienone is 1. The van der Waals surface area contributed by atoms with Crippen molar-refractivity contribution in [3.63, 3.8) is 0 Å². The Labute approximate surface area is 210 Å². The molecule has 0 saturated carbocycles. The number of methoxy groups -OCH3 is 1. The largest absolute Gasteiger partial charge is 0.496 e. The third kappa shape index (κ3) is 4.13. The minimum Gasteiger partial charge on any atom is -0.496 e. The molecular formula is C31H28N2O3. The van der Waals surface area contributed by atoms with Crippen molar-refractivity contribution >= 4 is 39.0 Å². The Hall–Kier alpha value is -4.38. The molecular weight excluding hydrogens is 448 g/mol. The number of fused-ring (bicyclic) bond motifs is 2. The molecule has 0 atom stereocenters. The van der Waals surface area contributed by atoms with Gasteiger partial charge in [0.2, 0.25) is 5.91 Å². The minimum absolute atomic E-state index is 0.229. The van der Waals surface area contributed by atoms with Crippen LogP contribution < -0.4 is 10.1 Å². The molecule has 0 fully saturated rings. The van der Waals surface area contributed by atoms with Crippen LogP contribution in [-0.4, -0.2) is 18.0 Å². The fraction of sp³-hybridized carbons (Fsp3) is 0.161. The Kier molecular flexibility index (Phi) is 6.06. The number of rotatable bonds is 5. The molecule has 5 heteroatoms. The SMILES string of the molecule is COc1c(/C(C)=C/C(=O)Nc2cccc3cccnc23)cc2c(-c3ccc(C)cc3C)coc2c1C. The maximum atomic E-state index is 13.0. The van der Waals surface area contributed by atoms with Gasteiger partial charge in [0.25, 0.3) is 0 Å². The molecule has 5 aromatic rings. The fourth-order valence-corrected chi connectivity index (χ4v) is 4.84. The van der Waals surface area contributed by atoms with E-state index in [4.69, 9.17) is 9.15 Å². The molecule has 0 bridgehead atoms. The lowest BCUT2D eigenvalue weighted by molar-refractivity contribution is -0.111. The van der Waals surface area contributed by atoms with Gasteiger partial charge < -0.3 is 14.5 Å². The molecule has 36 heavy (non-hydrogen) atoms. The van der Waals surface area contributed by atoms with Crippen LogP contribution in [0.2, 0.25) is 0 Å². The van der Waals surface area contributed by atoms with Gasteiger partial charge in [0.05, 0.1) is 24.6 Å². The van der Waals surface area contributed by atoms with Crippen molar-refractivity contribution < 1.29 is 13.9 Å². The van der Waals surface area contributed by atoms with Crippen LogP contribution in [0.15, 0.2) is 77.6 Å². The Morgan fingerprint density at radius 2 is 1.83 bits per heavy atom. The van der Waals surface area contributed by atoms with Gasteiger partial charge in [-0.25, -0.2) is 0 Å². The van der Waals surface area contributed by atoms with E-state index in [0.29, 0.717) is 11.4 Å². The molecule has 0 spiro atoms. The number of benzene rings is 3. The second-order valence-electron chi connectivity index (χ2n) is 9.12. The summed E-state index contributed by atoms with van der Waals surface area (Å²) >= 11 is 0. The third-order valence-corrected chi connectivity index (χ3v) is 6.58. The Morgan fingerprint density at radius 1 is 1.03 bits per heavy atom. The third-order valence-electron chi connectivity index (χ3n) is 6.58. The van der Waals surface area contributed by atoms with Gasteiger partial charge in [-0.2, -0.15) is 0 Å². The number of amides is 1. The standard InChI is InChI=1S/C31H28N2O3/c1-18-11-12-23(19(2)14-18)26-17-36-31-21(4)30(35-5)24(16-25(26)31)20(3)15-28(34)33-27-10-6-8-22-9-7-13-32-29(22)27/h6-17H,1-5H3,(H,33,34)/b20-15+. The van der Waals surface area contributed by atoms with Crippen molar-refractivity contribution in [2.24, 2.45) is 0 Å². The van der Waals surface area contributed by atoms with E-state index >= 15 is 0 Å². The van der Waals surface area contributed by atoms with Crippen molar-refractivity contribution in [1.82, 2.24) is 4.98 Å². The average Bonchev–Trinajstić information content (AvgIpc) is 3.28. The van der Waals surface area contributed by atoms with E-state index in [0.717, 1.165) is 49.7 Å². The first-order valence-electron chi connectivity index (χ1n) is 11.9. The molecule has 180 valence electrons. The van der Waals surface area contributed by atoms with E-state index in [1.807, 2.05) is 44.2 Å². The highest BCUT2D eigenvalue weighted by molar-refractivity contribution is 6.09. The predicted octanol–water partition coefficient (Wildman–Crippen LogP) is 7.62. The first-order valence-corrected chi connectivity index (χ1v) is 11.9. The topological polar surface area (TPSA) is 64.4 Å². The van der Waals surface area contributed by atoms with E-state index < -0.39 is 0 Å². The highest BCUT2D eigenvalue weighted by Gasteiger charge is 2.19. The number of carbonyl (C=O) groups is 1. The first-order chi connectivity index (χ1) is 17.4. The molecule has 5 rings (SSSR count). The van der Waals surface area contributed by atoms with Gasteiger partial charge in [0.1, 0.15) is 11.3 Å². The van der Waals surface area contributed by atoms with Crippen LogP contribution in [0.4, 0.5) is 5.69 Å². The summed E-state index contributed by atoms with van der Waals surface area (Å²) in [6.45, 7) is 8.09. The van der Waals surface area contributed by atoms with Gasteiger partial charge in [-0.1, -0.05) is 42.0 Å². The summed E-state index contributed by atoms with van der Waals surface area (Å²) in [5, 5.41) is 4.94. The number of hydrogen-bond acceptors (Lipinski definition) is 4. The second kappa shape index (κ2) is 9.34. The summed E-state index contributed by atoms with van der Waals surface area (Å²) in [4.78, 5) is 17.5. The average molecular weight is 477 g/mol. The number of anilines is 1. The highest BCUT2D eigenvalue weighted by Crippen LogP contribution is 2.41. The van der Waals surface area contributed by atoms with Crippen molar-refractivity contribution in [2.75, 3.05) is 12.4 Å². The molecule has 2 aromatic heterocycles. The number of hydrogen-bond donors (Lipinski definition) is 1. The summed E-state index contributed by atoms with van der Waals surface area (Å²) < 4.78 is 11.8. The van der Waals surface area contributed by atoms with Crippen molar-refractivity contribution in [3.05, 3.63) is 95.4 Å². The zero-order valence-electron chi connectivity index (χ0n) is 21.1.